The van der Waals surface area contributed by atoms with Gasteiger partial charge in [0, 0.05) is 37.7 Å². The van der Waals surface area contributed by atoms with Crippen LogP contribution in [0.5, 0.6) is 0 Å². The van der Waals surface area contributed by atoms with Gasteiger partial charge < -0.3 is 9.84 Å². The summed E-state index contributed by atoms with van der Waals surface area (Å²) >= 11 is 0. The van der Waals surface area contributed by atoms with Crippen LogP contribution in [0, 0.1) is 0 Å². The number of carbonyl (C=O) groups is 1. The third-order valence-electron chi connectivity index (χ3n) is 3.51. The van der Waals surface area contributed by atoms with Crippen LogP contribution in [0.2, 0.25) is 0 Å². The molecule has 2 aromatic heterocycles. The van der Waals surface area contributed by atoms with Gasteiger partial charge in [-0.25, -0.2) is 9.48 Å². The first-order valence-corrected chi connectivity index (χ1v) is 6.56. The Kier molecular flexibility index (Phi) is 3.47. The second-order valence-electron chi connectivity index (χ2n) is 4.77. The van der Waals surface area contributed by atoms with Crippen molar-refractivity contribution in [2.45, 2.75) is 18.8 Å². The Morgan fingerprint density at radius 1 is 1.30 bits per heavy atom. The molecule has 2 aromatic rings. The van der Waals surface area contributed by atoms with E-state index in [-0.39, 0.29) is 11.5 Å². The van der Waals surface area contributed by atoms with Crippen LogP contribution in [0.25, 0.3) is 5.69 Å². The van der Waals surface area contributed by atoms with Gasteiger partial charge in [-0.05, 0) is 25.0 Å². The number of carboxylic acid groups (broad SMARTS) is 1. The predicted molar refractivity (Wildman–Crippen MR) is 71.1 cm³/mol. The van der Waals surface area contributed by atoms with E-state index >= 15 is 0 Å². The molecule has 3 heterocycles. The molecule has 20 heavy (non-hydrogen) atoms. The van der Waals surface area contributed by atoms with Gasteiger partial charge in [-0.3, -0.25) is 4.98 Å². The van der Waals surface area contributed by atoms with Crippen molar-refractivity contribution in [2.75, 3.05) is 13.2 Å². The van der Waals surface area contributed by atoms with Gasteiger partial charge in [-0.15, -0.1) is 0 Å². The average Bonchev–Trinajstić information content (AvgIpc) is 2.94. The Hall–Kier alpha value is -2.21. The molecule has 1 N–H and O–H groups in total. The van der Waals surface area contributed by atoms with E-state index in [0.717, 1.165) is 18.5 Å². The van der Waals surface area contributed by atoms with Crippen LogP contribution in [0.4, 0.5) is 0 Å². The highest BCUT2D eigenvalue weighted by atomic mass is 16.5. The Balaban J connectivity index is 2.00. The molecule has 0 bridgehead atoms. The molecule has 6 heteroatoms. The van der Waals surface area contributed by atoms with Crippen LogP contribution in [0.1, 0.15) is 34.8 Å². The monoisotopic (exact) mass is 273 g/mol. The minimum Gasteiger partial charge on any atom is -0.478 e. The summed E-state index contributed by atoms with van der Waals surface area (Å²) in [5.41, 5.74) is 1.73. The minimum atomic E-state index is -0.938. The van der Waals surface area contributed by atoms with E-state index in [0.29, 0.717) is 18.9 Å². The van der Waals surface area contributed by atoms with Crippen molar-refractivity contribution in [3.05, 3.63) is 42.0 Å². The Bertz CT molecular complexity index is 603. The van der Waals surface area contributed by atoms with Crippen LogP contribution < -0.4 is 0 Å². The van der Waals surface area contributed by atoms with Gasteiger partial charge in [-0.2, -0.15) is 5.10 Å². The summed E-state index contributed by atoms with van der Waals surface area (Å²) in [7, 11) is 0. The van der Waals surface area contributed by atoms with E-state index in [1.165, 1.54) is 0 Å². The van der Waals surface area contributed by atoms with Crippen molar-refractivity contribution in [1.29, 1.82) is 0 Å². The maximum Gasteiger partial charge on any atom is 0.339 e. The second kappa shape index (κ2) is 5.42. The Labute approximate surface area is 116 Å². The van der Waals surface area contributed by atoms with Crippen molar-refractivity contribution in [3.8, 4) is 5.69 Å². The first-order chi connectivity index (χ1) is 9.75. The standard InChI is InChI=1S/C14H15N3O3/c18-14(19)12-9-17(11-1-5-15-6-2-11)16-13(12)10-3-7-20-8-4-10/h1-2,5-6,9-10H,3-4,7-8H2,(H,18,19). The zero-order valence-electron chi connectivity index (χ0n) is 10.9. The number of aromatic carboxylic acids is 1. The Morgan fingerprint density at radius 3 is 2.65 bits per heavy atom. The molecule has 6 nitrogen and oxygen atoms in total. The fourth-order valence-corrected chi connectivity index (χ4v) is 2.45. The lowest BCUT2D eigenvalue weighted by atomic mass is 9.94. The van der Waals surface area contributed by atoms with Gasteiger partial charge in [0.25, 0.3) is 0 Å². The lowest BCUT2D eigenvalue weighted by Crippen LogP contribution is -2.16. The molecule has 1 aliphatic rings. The number of nitrogens with zero attached hydrogens (tertiary/aromatic N) is 3. The van der Waals surface area contributed by atoms with E-state index in [1.54, 1.807) is 35.4 Å². The average molecular weight is 273 g/mol. The first kappa shape index (κ1) is 12.8. The maximum atomic E-state index is 11.4. The summed E-state index contributed by atoms with van der Waals surface area (Å²) in [6, 6.07) is 3.60. The van der Waals surface area contributed by atoms with E-state index in [2.05, 4.69) is 10.1 Å². The van der Waals surface area contributed by atoms with Gasteiger partial charge in [0.05, 0.1) is 11.4 Å². The first-order valence-electron chi connectivity index (χ1n) is 6.56. The topological polar surface area (TPSA) is 77.2 Å². The summed E-state index contributed by atoms with van der Waals surface area (Å²) < 4.78 is 6.93. The molecule has 3 rings (SSSR count). The molecular formula is C14H15N3O3. The summed E-state index contributed by atoms with van der Waals surface area (Å²) in [6.07, 6.45) is 6.51. The van der Waals surface area contributed by atoms with Crippen molar-refractivity contribution in [1.82, 2.24) is 14.8 Å². The predicted octanol–water partition coefficient (Wildman–Crippen LogP) is 1.86. The molecule has 0 unspecified atom stereocenters. The van der Waals surface area contributed by atoms with Crippen LogP contribution in [-0.4, -0.2) is 39.1 Å². The molecule has 0 amide bonds. The zero-order valence-corrected chi connectivity index (χ0v) is 10.9. The fourth-order valence-electron chi connectivity index (χ4n) is 2.45. The molecule has 0 aliphatic carbocycles. The highest BCUT2D eigenvalue weighted by Gasteiger charge is 2.25. The normalized spacial score (nSPS) is 16.2. The lowest BCUT2D eigenvalue weighted by Gasteiger charge is -2.20. The van der Waals surface area contributed by atoms with Crippen molar-refractivity contribution in [3.63, 3.8) is 0 Å². The Morgan fingerprint density at radius 2 is 2.00 bits per heavy atom. The largest absolute Gasteiger partial charge is 0.478 e. The lowest BCUT2D eigenvalue weighted by molar-refractivity contribution is 0.0684. The second-order valence-corrected chi connectivity index (χ2v) is 4.77. The number of hydrogen-bond donors (Lipinski definition) is 1. The van der Waals surface area contributed by atoms with E-state index < -0.39 is 5.97 Å². The summed E-state index contributed by atoms with van der Waals surface area (Å²) in [4.78, 5) is 15.4. The zero-order chi connectivity index (χ0) is 13.9. The molecule has 0 atom stereocenters. The van der Waals surface area contributed by atoms with Gasteiger partial charge >= 0.3 is 5.97 Å². The number of ether oxygens (including phenoxy) is 1. The number of rotatable bonds is 3. The van der Waals surface area contributed by atoms with Gasteiger partial charge in [0.1, 0.15) is 5.56 Å². The summed E-state index contributed by atoms with van der Waals surface area (Å²) in [5, 5.41) is 13.8. The number of hydrogen-bond acceptors (Lipinski definition) is 4. The van der Waals surface area contributed by atoms with Crippen molar-refractivity contribution >= 4 is 5.97 Å². The SMILES string of the molecule is O=C(O)c1cn(-c2ccncc2)nc1C1CCOCC1. The molecular weight excluding hydrogens is 258 g/mol. The van der Waals surface area contributed by atoms with Gasteiger partial charge in [0.15, 0.2) is 0 Å². The van der Waals surface area contributed by atoms with E-state index in [9.17, 15) is 9.90 Å². The highest BCUT2D eigenvalue weighted by molar-refractivity contribution is 5.89. The third-order valence-corrected chi connectivity index (χ3v) is 3.51. The highest BCUT2D eigenvalue weighted by Crippen LogP contribution is 2.29. The molecule has 1 aliphatic heterocycles. The minimum absolute atomic E-state index is 0.151. The van der Waals surface area contributed by atoms with Crippen LogP contribution in [-0.2, 0) is 4.74 Å². The molecule has 0 spiro atoms. The van der Waals surface area contributed by atoms with Crippen molar-refractivity contribution < 1.29 is 14.6 Å². The number of carboxylic acids is 1. The molecule has 1 saturated heterocycles. The van der Waals surface area contributed by atoms with Crippen molar-refractivity contribution in [2.24, 2.45) is 0 Å². The van der Waals surface area contributed by atoms with Crippen LogP contribution in [0.15, 0.2) is 30.7 Å². The third kappa shape index (κ3) is 2.42. The fraction of sp³-hybridized carbons (Fsp3) is 0.357. The molecule has 1 fully saturated rings. The smallest absolute Gasteiger partial charge is 0.339 e. The maximum absolute atomic E-state index is 11.4. The summed E-state index contributed by atoms with van der Waals surface area (Å²) in [6.45, 7) is 1.32. The molecule has 0 radical (unpaired) electrons. The van der Waals surface area contributed by atoms with Gasteiger partial charge in [-0.1, -0.05) is 0 Å². The van der Waals surface area contributed by atoms with E-state index in [4.69, 9.17) is 4.74 Å². The van der Waals surface area contributed by atoms with Gasteiger partial charge in [0.2, 0.25) is 0 Å². The van der Waals surface area contributed by atoms with E-state index in [1.807, 2.05) is 0 Å². The number of pyridine rings is 1. The quantitative estimate of drug-likeness (QED) is 0.923. The molecule has 104 valence electrons. The van der Waals surface area contributed by atoms with Crippen LogP contribution in [0.3, 0.4) is 0 Å². The van der Waals surface area contributed by atoms with Crippen LogP contribution >= 0.6 is 0 Å². The molecule has 0 saturated carbocycles. The number of aromatic nitrogens is 3. The summed E-state index contributed by atoms with van der Waals surface area (Å²) in [5.74, 6) is -0.787. The molecule has 0 aromatic carbocycles.